The van der Waals surface area contributed by atoms with Gasteiger partial charge in [0, 0.05) is 0 Å². The summed E-state index contributed by atoms with van der Waals surface area (Å²) in [5, 5.41) is -0.255. The van der Waals surface area contributed by atoms with Gasteiger partial charge in [-0.05, 0) is 35.8 Å². The quantitative estimate of drug-likeness (QED) is 0.550. The fourth-order valence-corrected chi connectivity index (χ4v) is 2.06. The minimum absolute atomic E-state index is 0.255. The van der Waals surface area contributed by atoms with Gasteiger partial charge in [-0.1, -0.05) is 30.3 Å². The van der Waals surface area contributed by atoms with E-state index in [1.54, 1.807) is 11.8 Å². The van der Waals surface area contributed by atoms with Crippen molar-refractivity contribution in [2.24, 2.45) is 0 Å². The lowest BCUT2D eigenvalue weighted by Crippen LogP contribution is -1.93. The van der Waals surface area contributed by atoms with Crippen LogP contribution in [0.2, 0.25) is 0 Å². The maximum absolute atomic E-state index is 10.4. The van der Waals surface area contributed by atoms with Crippen LogP contribution < -0.4 is 0 Å². The molecule has 0 aromatic heterocycles. The molecule has 0 atom stereocenters. The van der Waals surface area contributed by atoms with Gasteiger partial charge >= 0.3 is 0 Å². The summed E-state index contributed by atoms with van der Waals surface area (Å²) in [7, 11) is 0. The molecule has 0 saturated carbocycles. The van der Waals surface area contributed by atoms with E-state index in [0.717, 1.165) is 18.6 Å². The van der Waals surface area contributed by atoms with Crippen LogP contribution in [0.1, 0.15) is 12.0 Å². The summed E-state index contributed by atoms with van der Waals surface area (Å²) >= 11 is 6.81. The van der Waals surface area contributed by atoms with Crippen LogP contribution in [0.3, 0.4) is 0 Å². The van der Waals surface area contributed by atoms with Crippen LogP contribution in [0.25, 0.3) is 0 Å². The van der Waals surface area contributed by atoms with Crippen LogP contribution in [0.4, 0.5) is 0 Å². The Hall–Kier alpha value is -0.470. The number of hydrogen-bond acceptors (Lipinski definition) is 2. The van der Waals surface area contributed by atoms with Crippen molar-refractivity contribution < 1.29 is 4.79 Å². The smallest absolute Gasteiger partial charge is 0.231 e. The third-order valence-corrected chi connectivity index (χ3v) is 3.15. The minimum atomic E-state index is -0.255. The molecule has 1 nitrogen and oxygen atoms in total. The van der Waals surface area contributed by atoms with E-state index in [-0.39, 0.29) is 5.24 Å². The molecule has 0 aliphatic rings. The van der Waals surface area contributed by atoms with Gasteiger partial charge in [-0.15, -0.1) is 0 Å². The standard InChI is InChI=1S/C11H13ClOS/c12-11(13)9-14-8-4-7-10-5-2-1-3-6-10/h1-3,5-6H,4,7-9H2. The molecule has 0 aliphatic carbocycles. The molecule has 0 bridgehead atoms. The molecule has 0 N–H and O–H groups in total. The third-order valence-electron chi connectivity index (χ3n) is 1.81. The highest BCUT2D eigenvalue weighted by molar-refractivity contribution is 8.00. The van der Waals surface area contributed by atoms with Crippen molar-refractivity contribution in [1.82, 2.24) is 0 Å². The predicted molar refractivity (Wildman–Crippen MR) is 62.9 cm³/mol. The molecule has 0 unspecified atom stereocenters. The van der Waals surface area contributed by atoms with E-state index in [0.29, 0.717) is 5.75 Å². The van der Waals surface area contributed by atoms with Crippen molar-refractivity contribution >= 4 is 28.6 Å². The number of benzene rings is 1. The molecule has 1 aromatic rings. The highest BCUT2D eigenvalue weighted by Gasteiger charge is 1.96. The number of carbonyl (C=O) groups is 1. The van der Waals surface area contributed by atoms with Crippen molar-refractivity contribution in [2.45, 2.75) is 12.8 Å². The van der Waals surface area contributed by atoms with Gasteiger partial charge in [0.15, 0.2) is 0 Å². The van der Waals surface area contributed by atoms with E-state index in [1.807, 2.05) is 18.2 Å². The summed E-state index contributed by atoms with van der Waals surface area (Å²) in [6.45, 7) is 0. The second kappa shape index (κ2) is 6.91. The fraction of sp³-hybridized carbons (Fsp3) is 0.364. The minimum Gasteiger partial charge on any atom is -0.280 e. The third kappa shape index (κ3) is 5.30. The summed E-state index contributed by atoms with van der Waals surface area (Å²) in [6.07, 6.45) is 2.17. The van der Waals surface area contributed by atoms with Gasteiger partial charge in [0.25, 0.3) is 0 Å². The summed E-state index contributed by atoms with van der Waals surface area (Å²) in [6, 6.07) is 10.4. The van der Waals surface area contributed by atoms with Gasteiger partial charge in [0.2, 0.25) is 5.24 Å². The number of halogens is 1. The van der Waals surface area contributed by atoms with Crippen LogP contribution in [0.15, 0.2) is 30.3 Å². The van der Waals surface area contributed by atoms with Gasteiger partial charge < -0.3 is 0 Å². The summed E-state index contributed by atoms with van der Waals surface area (Å²) in [4.78, 5) is 10.4. The highest BCUT2D eigenvalue weighted by atomic mass is 35.5. The van der Waals surface area contributed by atoms with Gasteiger partial charge in [0.05, 0.1) is 5.75 Å². The Morgan fingerprint density at radius 3 is 2.64 bits per heavy atom. The lowest BCUT2D eigenvalue weighted by atomic mass is 10.1. The van der Waals surface area contributed by atoms with Crippen LogP contribution in [0.5, 0.6) is 0 Å². The SMILES string of the molecule is O=C(Cl)CSCCCc1ccccc1. The van der Waals surface area contributed by atoms with E-state index in [1.165, 1.54) is 5.56 Å². The highest BCUT2D eigenvalue weighted by Crippen LogP contribution is 2.08. The molecule has 14 heavy (non-hydrogen) atoms. The summed E-state index contributed by atoms with van der Waals surface area (Å²) in [5.41, 5.74) is 1.35. The second-order valence-corrected chi connectivity index (χ2v) is 4.52. The van der Waals surface area contributed by atoms with Crippen LogP contribution in [0, 0.1) is 0 Å². The molecule has 0 fully saturated rings. The normalized spacial score (nSPS) is 10.1. The molecule has 0 saturated heterocycles. The van der Waals surface area contributed by atoms with Crippen LogP contribution in [-0.4, -0.2) is 16.7 Å². The molecule has 0 spiro atoms. The molecule has 0 radical (unpaired) electrons. The van der Waals surface area contributed by atoms with E-state index >= 15 is 0 Å². The number of carbonyl (C=O) groups excluding carboxylic acids is 1. The lowest BCUT2D eigenvalue weighted by Gasteiger charge is -1.99. The van der Waals surface area contributed by atoms with Gasteiger partial charge in [-0.25, -0.2) is 0 Å². The summed E-state index contributed by atoms with van der Waals surface area (Å²) in [5.74, 6) is 1.42. The number of thioether (sulfide) groups is 1. The first-order valence-corrected chi connectivity index (χ1v) is 6.12. The molecule has 0 amide bonds. The zero-order chi connectivity index (χ0) is 10.2. The second-order valence-electron chi connectivity index (χ2n) is 3.00. The zero-order valence-electron chi connectivity index (χ0n) is 7.91. The summed E-state index contributed by atoms with van der Waals surface area (Å²) < 4.78 is 0. The largest absolute Gasteiger partial charge is 0.280 e. The first-order chi connectivity index (χ1) is 6.79. The van der Waals surface area contributed by atoms with E-state index in [9.17, 15) is 4.79 Å². The Morgan fingerprint density at radius 1 is 1.29 bits per heavy atom. The maximum Gasteiger partial charge on any atom is 0.231 e. The zero-order valence-corrected chi connectivity index (χ0v) is 9.48. The molecule has 0 aliphatic heterocycles. The van der Waals surface area contributed by atoms with Crippen molar-refractivity contribution in [2.75, 3.05) is 11.5 Å². The van der Waals surface area contributed by atoms with Crippen molar-refractivity contribution in [3.8, 4) is 0 Å². The van der Waals surface area contributed by atoms with E-state index in [4.69, 9.17) is 11.6 Å². The molecule has 1 rings (SSSR count). The first kappa shape index (κ1) is 11.6. The van der Waals surface area contributed by atoms with Crippen molar-refractivity contribution in [3.63, 3.8) is 0 Å². The average Bonchev–Trinajstić information content (AvgIpc) is 2.18. The monoisotopic (exact) mass is 228 g/mol. The maximum atomic E-state index is 10.4. The van der Waals surface area contributed by atoms with Gasteiger partial charge in [-0.3, -0.25) is 4.79 Å². The van der Waals surface area contributed by atoms with E-state index in [2.05, 4.69) is 12.1 Å². The fourth-order valence-electron chi connectivity index (χ4n) is 1.18. The molecule has 1 aromatic carbocycles. The first-order valence-electron chi connectivity index (χ1n) is 4.59. The predicted octanol–water partition coefficient (Wildman–Crippen LogP) is 3.12. The number of hydrogen-bond donors (Lipinski definition) is 0. The molecular weight excluding hydrogens is 216 g/mol. The van der Waals surface area contributed by atoms with Gasteiger partial charge in [-0.2, -0.15) is 11.8 Å². The van der Waals surface area contributed by atoms with Crippen LogP contribution >= 0.6 is 23.4 Å². The Balaban J connectivity index is 2.08. The molecule has 3 heteroatoms. The molecule has 76 valence electrons. The van der Waals surface area contributed by atoms with Crippen molar-refractivity contribution in [1.29, 1.82) is 0 Å². The topological polar surface area (TPSA) is 17.1 Å². The molecular formula is C11H13ClOS. The average molecular weight is 229 g/mol. The Bertz CT molecular complexity index is 274. The van der Waals surface area contributed by atoms with Crippen LogP contribution in [-0.2, 0) is 11.2 Å². The number of aryl methyl sites for hydroxylation is 1. The van der Waals surface area contributed by atoms with E-state index < -0.39 is 0 Å². The molecule has 0 heterocycles. The Kier molecular flexibility index (Phi) is 5.72. The Labute approximate surface area is 93.8 Å². The van der Waals surface area contributed by atoms with Gasteiger partial charge in [0.1, 0.15) is 0 Å². The lowest BCUT2D eigenvalue weighted by molar-refractivity contribution is -0.109. The van der Waals surface area contributed by atoms with Crippen molar-refractivity contribution in [3.05, 3.63) is 35.9 Å². The Morgan fingerprint density at radius 2 is 2.00 bits per heavy atom. The number of rotatable bonds is 6.